The summed E-state index contributed by atoms with van der Waals surface area (Å²) >= 11 is 0. The highest BCUT2D eigenvalue weighted by Crippen LogP contribution is 2.49. The first kappa shape index (κ1) is 14.2. The van der Waals surface area contributed by atoms with Gasteiger partial charge in [0.05, 0.1) is 0 Å². The maximum atomic E-state index is 12.0. The molecule has 0 aromatic heterocycles. The van der Waals surface area contributed by atoms with Crippen molar-refractivity contribution in [3.63, 3.8) is 0 Å². The van der Waals surface area contributed by atoms with Crippen LogP contribution in [0.4, 0.5) is 0 Å². The summed E-state index contributed by atoms with van der Waals surface area (Å²) in [6.45, 7) is 2.05. The van der Waals surface area contributed by atoms with Gasteiger partial charge in [0.1, 0.15) is 0 Å². The van der Waals surface area contributed by atoms with E-state index in [-0.39, 0.29) is 24.3 Å². The van der Waals surface area contributed by atoms with Crippen molar-refractivity contribution in [3.05, 3.63) is 24.3 Å². The highest BCUT2D eigenvalue weighted by Gasteiger charge is 2.42. The van der Waals surface area contributed by atoms with Crippen molar-refractivity contribution in [3.8, 4) is 11.5 Å². The van der Waals surface area contributed by atoms with Gasteiger partial charge in [0, 0.05) is 6.04 Å². The molecule has 0 saturated heterocycles. The third kappa shape index (κ3) is 3.14. The third-order valence-corrected chi connectivity index (χ3v) is 5.05. The molecule has 0 spiro atoms. The lowest BCUT2D eigenvalue weighted by molar-refractivity contribution is -0.124. The number of benzene rings is 1. The van der Waals surface area contributed by atoms with E-state index in [0.29, 0.717) is 11.7 Å². The summed E-state index contributed by atoms with van der Waals surface area (Å²) in [4.78, 5) is 12.0. The van der Waals surface area contributed by atoms with Gasteiger partial charge in [-0.1, -0.05) is 18.6 Å². The van der Waals surface area contributed by atoms with Gasteiger partial charge in [0.25, 0.3) is 5.91 Å². The number of carbonyl (C=O) groups is 1. The van der Waals surface area contributed by atoms with E-state index in [1.807, 2.05) is 0 Å². The van der Waals surface area contributed by atoms with Crippen LogP contribution in [0.2, 0.25) is 0 Å². The summed E-state index contributed by atoms with van der Waals surface area (Å²) in [6, 6.07) is 6.90. The minimum absolute atomic E-state index is 0.0528. The van der Waals surface area contributed by atoms with Crippen LogP contribution in [0.1, 0.15) is 32.6 Å². The molecule has 2 fully saturated rings. The summed E-state index contributed by atoms with van der Waals surface area (Å²) in [5.41, 5.74) is 0. The molecule has 4 atom stereocenters. The van der Waals surface area contributed by atoms with Gasteiger partial charge in [-0.25, -0.2) is 0 Å². The average molecular weight is 289 g/mol. The Morgan fingerprint density at radius 1 is 1.38 bits per heavy atom. The van der Waals surface area contributed by atoms with E-state index < -0.39 is 0 Å². The van der Waals surface area contributed by atoms with Gasteiger partial charge >= 0.3 is 0 Å². The molecule has 0 radical (unpaired) electrons. The average Bonchev–Trinajstić information content (AvgIpc) is 3.09. The molecule has 0 aliphatic heterocycles. The smallest absolute Gasteiger partial charge is 0.258 e. The van der Waals surface area contributed by atoms with Crippen molar-refractivity contribution in [1.82, 2.24) is 5.32 Å². The number of phenols is 1. The Morgan fingerprint density at radius 3 is 2.86 bits per heavy atom. The standard InChI is InChI=1S/C17H23NO3/c1-11(14-9-12-6-7-13(14)8-12)18-17(20)10-21-16-5-3-2-4-15(16)19/h2-5,11-14,19H,6-10H2,1H3,(H,18,20)/t11-,12+,13+,14+/m1/s1. The van der Waals surface area contributed by atoms with Crippen LogP contribution in [0.15, 0.2) is 24.3 Å². The molecular formula is C17H23NO3. The summed E-state index contributed by atoms with van der Waals surface area (Å²) in [5.74, 6) is 2.60. The summed E-state index contributed by atoms with van der Waals surface area (Å²) in [5, 5.41) is 12.6. The van der Waals surface area contributed by atoms with Crippen LogP contribution < -0.4 is 10.1 Å². The normalized spacial score (nSPS) is 28.3. The number of phenolic OH excluding ortho intramolecular Hbond substituents is 1. The second kappa shape index (κ2) is 5.96. The van der Waals surface area contributed by atoms with E-state index in [1.54, 1.807) is 24.3 Å². The van der Waals surface area contributed by atoms with Crippen molar-refractivity contribution in [1.29, 1.82) is 0 Å². The maximum Gasteiger partial charge on any atom is 0.258 e. The highest BCUT2D eigenvalue weighted by molar-refractivity contribution is 5.77. The Labute approximate surface area is 125 Å². The number of hydrogen-bond donors (Lipinski definition) is 2. The van der Waals surface area contributed by atoms with Crippen molar-refractivity contribution >= 4 is 5.91 Å². The highest BCUT2D eigenvalue weighted by atomic mass is 16.5. The maximum absolute atomic E-state index is 12.0. The first-order valence-electron chi connectivity index (χ1n) is 7.83. The largest absolute Gasteiger partial charge is 0.504 e. The molecule has 21 heavy (non-hydrogen) atoms. The van der Waals surface area contributed by atoms with Crippen LogP contribution in [0.5, 0.6) is 11.5 Å². The fraction of sp³-hybridized carbons (Fsp3) is 0.588. The van der Waals surface area contributed by atoms with Gasteiger partial charge in [0.15, 0.2) is 18.1 Å². The Bertz CT molecular complexity index is 517. The predicted molar refractivity (Wildman–Crippen MR) is 80.1 cm³/mol. The fourth-order valence-electron chi connectivity index (χ4n) is 4.03. The van der Waals surface area contributed by atoms with E-state index in [9.17, 15) is 9.90 Å². The second-order valence-corrected chi connectivity index (χ2v) is 6.45. The number of fused-ring (bicyclic) bond motifs is 2. The summed E-state index contributed by atoms with van der Waals surface area (Å²) < 4.78 is 5.36. The molecule has 1 amide bonds. The topological polar surface area (TPSA) is 58.6 Å². The predicted octanol–water partition coefficient (Wildman–Crippen LogP) is 2.71. The van der Waals surface area contributed by atoms with Crippen LogP contribution in [-0.2, 0) is 4.79 Å². The lowest BCUT2D eigenvalue weighted by Crippen LogP contribution is -2.42. The first-order valence-corrected chi connectivity index (χ1v) is 7.83. The zero-order valence-corrected chi connectivity index (χ0v) is 12.4. The van der Waals surface area contributed by atoms with Crippen molar-refractivity contribution in [2.45, 2.75) is 38.6 Å². The number of amides is 1. The number of nitrogens with one attached hydrogen (secondary N) is 1. The molecule has 114 valence electrons. The van der Waals surface area contributed by atoms with Gasteiger partial charge in [-0.05, 0) is 56.1 Å². The van der Waals surface area contributed by atoms with E-state index in [1.165, 1.54) is 25.7 Å². The number of carbonyl (C=O) groups excluding carboxylic acids is 1. The quantitative estimate of drug-likeness (QED) is 0.876. The summed E-state index contributed by atoms with van der Waals surface area (Å²) in [6.07, 6.45) is 5.30. The number of aromatic hydroxyl groups is 1. The Balaban J connectivity index is 1.47. The van der Waals surface area contributed by atoms with Gasteiger partial charge in [-0.2, -0.15) is 0 Å². The molecule has 1 aromatic rings. The molecule has 2 bridgehead atoms. The lowest BCUT2D eigenvalue weighted by Gasteiger charge is -2.28. The van der Waals surface area contributed by atoms with Crippen LogP contribution in [0.25, 0.3) is 0 Å². The minimum atomic E-state index is -0.117. The monoisotopic (exact) mass is 289 g/mol. The Kier molecular flexibility index (Phi) is 4.04. The number of hydrogen-bond acceptors (Lipinski definition) is 3. The number of ether oxygens (including phenoxy) is 1. The lowest BCUT2D eigenvalue weighted by atomic mass is 9.84. The molecule has 4 nitrogen and oxygen atoms in total. The van der Waals surface area contributed by atoms with Crippen molar-refractivity contribution in [2.75, 3.05) is 6.61 Å². The van der Waals surface area contributed by atoms with Crippen LogP contribution in [0.3, 0.4) is 0 Å². The van der Waals surface area contributed by atoms with Gasteiger partial charge < -0.3 is 15.2 Å². The molecule has 4 heteroatoms. The molecule has 0 unspecified atom stereocenters. The molecule has 2 N–H and O–H groups in total. The molecule has 3 rings (SSSR count). The number of para-hydroxylation sites is 2. The molecular weight excluding hydrogens is 266 g/mol. The van der Waals surface area contributed by atoms with Gasteiger partial charge in [0.2, 0.25) is 0 Å². The van der Waals surface area contributed by atoms with E-state index in [0.717, 1.165) is 11.8 Å². The van der Waals surface area contributed by atoms with Crippen molar-refractivity contribution in [2.24, 2.45) is 17.8 Å². The molecule has 0 heterocycles. The van der Waals surface area contributed by atoms with E-state index in [4.69, 9.17) is 4.74 Å². The molecule has 2 aliphatic rings. The van der Waals surface area contributed by atoms with Crippen LogP contribution in [-0.4, -0.2) is 23.7 Å². The molecule has 2 aliphatic carbocycles. The van der Waals surface area contributed by atoms with Gasteiger partial charge in [-0.3, -0.25) is 4.79 Å². The minimum Gasteiger partial charge on any atom is -0.504 e. The molecule has 2 saturated carbocycles. The number of rotatable bonds is 5. The summed E-state index contributed by atoms with van der Waals surface area (Å²) in [7, 11) is 0. The third-order valence-electron chi connectivity index (χ3n) is 5.05. The first-order chi connectivity index (χ1) is 10.1. The van der Waals surface area contributed by atoms with Crippen LogP contribution in [0, 0.1) is 17.8 Å². The zero-order valence-electron chi connectivity index (χ0n) is 12.4. The SMILES string of the molecule is C[C@@H](NC(=O)COc1ccccc1O)[C@@H]1C[C@H]2CC[C@H]1C2. The van der Waals surface area contributed by atoms with Crippen LogP contribution >= 0.6 is 0 Å². The Hall–Kier alpha value is -1.71. The van der Waals surface area contributed by atoms with Gasteiger partial charge in [-0.15, -0.1) is 0 Å². The van der Waals surface area contributed by atoms with E-state index in [2.05, 4.69) is 12.2 Å². The Morgan fingerprint density at radius 2 is 2.19 bits per heavy atom. The fourth-order valence-corrected chi connectivity index (χ4v) is 4.03. The van der Waals surface area contributed by atoms with E-state index >= 15 is 0 Å². The van der Waals surface area contributed by atoms with Crippen molar-refractivity contribution < 1.29 is 14.6 Å². The second-order valence-electron chi connectivity index (χ2n) is 6.45. The zero-order chi connectivity index (χ0) is 14.8. The molecule has 1 aromatic carbocycles.